The molecule has 0 atom stereocenters. The van der Waals surface area contributed by atoms with Gasteiger partial charge < -0.3 is 25.0 Å². The highest BCUT2D eigenvalue weighted by atomic mass is 16.5. The molecule has 0 saturated carbocycles. The van der Waals surface area contributed by atoms with Crippen molar-refractivity contribution in [2.45, 2.75) is 0 Å². The number of rotatable bonds is 5. The maximum Gasteiger partial charge on any atom is 0.323 e. The van der Waals surface area contributed by atoms with Gasteiger partial charge in [-0.2, -0.15) is 0 Å². The summed E-state index contributed by atoms with van der Waals surface area (Å²) in [5.74, 6) is 1.17. The molecule has 2 aromatic carbocycles. The van der Waals surface area contributed by atoms with Crippen LogP contribution in [0.4, 0.5) is 21.9 Å². The molecule has 0 saturated heterocycles. The molecule has 0 aliphatic rings. The molecule has 0 unspecified atom stereocenters. The van der Waals surface area contributed by atoms with Gasteiger partial charge in [0.15, 0.2) is 11.5 Å². The molecule has 2 rings (SSSR count). The van der Waals surface area contributed by atoms with Crippen molar-refractivity contribution < 1.29 is 14.3 Å². The summed E-state index contributed by atoms with van der Waals surface area (Å²) in [5, 5.41) is 5.54. The summed E-state index contributed by atoms with van der Waals surface area (Å²) in [6.07, 6.45) is 0. The second kappa shape index (κ2) is 7.40. The van der Waals surface area contributed by atoms with Crippen LogP contribution in [0.3, 0.4) is 0 Å². The minimum Gasteiger partial charge on any atom is -0.493 e. The van der Waals surface area contributed by atoms with Crippen LogP contribution in [-0.4, -0.2) is 34.3 Å². The molecule has 2 aromatic rings. The summed E-state index contributed by atoms with van der Waals surface area (Å²) in [4.78, 5) is 14.0. The molecule has 122 valence electrons. The number of methoxy groups -OCH3 is 2. The third kappa shape index (κ3) is 4.29. The summed E-state index contributed by atoms with van der Waals surface area (Å²) in [6.45, 7) is 0. The van der Waals surface area contributed by atoms with E-state index < -0.39 is 0 Å². The molecule has 6 nitrogen and oxygen atoms in total. The van der Waals surface area contributed by atoms with Crippen LogP contribution >= 0.6 is 0 Å². The monoisotopic (exact) mass is 315 g/mol. The van der Waals surface area contributed by atoms with E-state index in [9.17, 15) is 4.79 Å². The van der Waals surface area contributed by atoms with Crippen molar-refractivity contribution >= 4 is 23.1 Å². The van der Waals surface area contributed by atoms with Gasteiger partial charge in [-0.3, -0.25) is 0 Å². The smallest absolute Gasteiger partial charge is 0.323 e. The van der Waals surface area contributed by atoms with Crippen LogP contribution in [0.25, 0.3) is 0 Å². The van der Waals surface area contributed by atoms with E-state index in [-0.39, 0.29) is 6.03 Å². The van der Waals surface area contributed by atoms with E-state index in [2.05, 4.69) is 10.6 Å². The van der Waals surface area contributed by atoms with Gasteiger partial charge in [-0.1, -0.05) is 0 Å². The Morgan fingerprint density at radius 3 is 2.00 bits per heavy atom. The standard InChI is InChI=1S/C17H21N3O3/c1-20(2)14-8-5-12(6-9-14)18-17(21)19-13-7-10-15(22-3)16(11-13)23-4/h5-11H,1-4H3,(H2,18,19,21). The summed E-state index contributed by atoms with van der Waals surface area (Å²) in [5.41, 5.74) is 2.40. The Hall–Kier alpha value is -2.89. The molecule has 0 aliphatic carbocycles. The number of nitrogens with one attached hydrogen (secondary N) is 2. The van der Waals surface area contributed by atoms with Gasteiger partial charge in [0.2, 0.25) is 0 Å². The quantitative estimate of drug-likeness (QED) is 0.887. The number of anilines is 3. The molecule has 0 spiro atoms. The first kappa shape index (κ1) is 16.5. The number of ether oxygens (including phenoxy) is 2. The van der Waals surface area contributed by atoms with E-state index in [0.29, 0.717) is 22.9 Å². The Balaban J connectivity index is 2.01. The first-order valence-corrected chi connectivity index (χ1v) is 7.11. The van der Waals surface area contributed by atoms with Crippen molar-refractivity contribution in [1.82, 2.24) is 0 Å². The summed E-state index contributed by atoms with van der Waals surface area (Å²) >= 11 is 0. The Morgan fingerprint density at radius 1 is 0.870 bits per heavy atom. The number of hydrogen-bond acceptors (Lipinski definition) is 4. The molecule has 0 heterocycles. The summed E-state index contributed by atoms with van der Waals surface area (Å²) in [6, 6.07) is 12.4. The second-order valence-electron chi connectivity index (χ2n) is 5.09. The molecule has 0 fully saturated rings. The van der Waals surface area contributed by atoms with Gasteiger partial charge in [0.05, 0.1) is 14.2 Å². The molecule has 0 aromatic heterocycles. The lowest BCUT2D eigenvalue weighted by atomic mass is 10.2. The van der Waals surface area contributed by atoms with Crippen LogP contribution < -0.4 is 25.0 Å². The van der Waals surface area contributed by atoms with Gasteiger partial charge in [-0.05, 0) is 36.4 Å². The highest BCUT2D eigenvalue weighted by molar-refractivity contribution is 6.00. The highest BCUT2D eigenvalue weighted by Crippen LogP contribution is 2.29. The average molecular weight is 315 g/mol. The fraction of sp³-hybridized carbons (Fsp3) is 0.235. The first-order valence-electron chi connectivity index (χ1n) is 7.11. The van der Waals surface area contributed by atoms with Crippen molar-refractivity contribution in [3.8, 4) is 11.5 Å². The molecule has 0 aliphatic heterocycles. The van der Waals surface area contributed by atoms with Gasteiger partial charge in [0.25, 0.3) is 0 Å². The molecule has 0 radical (unpaired) electrons. The Kier molecular flexibility index (Phi) is 5.30. The van der Waals surface area contributed by atoms with Crippen molar-refractivity contribution in [3.63, 3.8) is 0 Å². The van der Waals surface area contributed by atoms with Crippen molar-refractivity contribution in [1.29, 1.82) is 0 Å². The third-order valence-corrected chi connectivity index (χ3v) is 3.28. The molecule has 23 heavy (non-hydrogen) atoms. The Labute approximate surface area is 136 Å². The lowest BCUT2D eigenvalue weighted by molar-refractivity contribution is 0.262. The Morgan fingerprint density at radius 2 is 1.43 bits per heavy atom. The van der Waals surface area contributed by atoms with Gasteiger partial charge in [0, 0.05) is 37.2 Å². The molecule has 2 amide bonds. The number of carbonyl (C=O) groups is 1. The number of urea groups is 1. The predicted octanol–water partition coefficient (Wildman–Crippen LogP) is 3.41. The fourth-order valence-electron chi connectivity index (χ4n) is 2.05. The van der Waals surface area contributed by atoms with Crippen molar-refractivity contribution in [3.05, 3.63) is 42.5 Å². The maximum absolute atomic E-state index is 12.1. The lowest BCUT2D eigenvalue weighted by Gasteiger charge is -2.14. The highest BCUT2D eigenvalue weighted by Gasteiger charge is 2.07. The number of nitrogens with zero attached hydrogens (tertiary/aromatic N) is 1. The van der Waals surface area contributed by atoms with Crippen LogP contribution in [-0.2, 0) is 0 Å². The molecular weight excluding hydrogens is 294 g/mol. The van der Waals surface area contributed by atoms with Crippen LogP contribution in [0.1, 0.15) is 0 Å². The lowest BCUT2D eigenvalue weighted by Crippen LogP contribution is -2.19. The molecule has 0 bridgehead atoms. The molecule has 6 heteroatoms. The zero-order chi connectivity index (χ0) is 16.8. The predicted molar refractivity (Wildman–Crippen MR) is 93.0 cm³/mol. The number of carbonyl (C=O) groups excluding carboxylic acids is 1. The topological polar surface area (TPSA) is 62.8 Å². The van der Waals surface area contributed by atoms with Crippen molar-refractivity contribution in [2.75, 3.05) is 43.8 Å². The van der Waals surface area contributed by atoms with Crippen LogP contribution in [0, 0.1) is 0 Å². The SMILES string of the molecule is COc1ccc(NC(=O)Nc2ccc(N(C)C)cc2)cc1OC. The second-order valence-corrected chi connectivity index (χ2v) is 5.09. The van der Waals surface area contributed by atoms with E-state index in [0.717, 1.165) is 5.69 Å². The number of benzene rings is 2. The van der Waals surface area contributed by atoms with Crippen LogP contribution in [0.2, 0.25) is 0 Å². The average Bonchev–Trinajstić information content (AvgIpc) is 2.55. The minimum atomic E-state index is -0.324. The Bertz CT molecular complexity index is 669. The first-order chi connectivity index (χ1) is 11.0. The zero-order valence-corrected chi connectivity index (χ0v) is 13.7. The van der Waals surface area contributed by atoms with Crippen LogP contribution in [0.15, 0.2) is 42.5 Å². The van der Waals surface area contributed by atoms with Gasteiger partial charge in [0.1, 0.15) is 0 Å². The van der Waals surface area contributed by atoms with E-state index in [1.54, 1.807) is 32.4 Å². The van der Waals surface area contributed by atoms with Gasteiger partial charge >= 0.3 is 6.03 Å². The van der Waals surface area contributed by atoms with E-state index in [1.165, 1.54) is 0 Å². The fourth-order valence-corrected chi connectivity index (χ4v) is 2.05. The largest absolute Gasteiger partial charge is 0.493 e. The van der Waals surface area contributed by atoms with E-state index in [4.69, 9.17) is 9.47 Å². The van der Waals surface area contributed by atoms with Gasteiger partial charge in [-0.25, -0.2) is 4.79 Å². The summed E-state index contributed by atoms with van der Waals surface area (Å²) in [7, 11) is 7.04. The normalized spacial score (nSPS) is 9.91. The van der Waals surface area contributed by atoms with Crippen molar-refractivity contribution in [2.24, 2.45) is 0 Å². The van der Waals surface area contributed by atoms with Crippen LogP contribution in [0.5, 0.6) is 11.5 Å². The maximum atomic E-state index is 12.1. The third-order valence-electron chi connectivity index (χ3n) is 3.28. The summed E-state index contributed by atoms with van der Waals surface area (Å²) < 4.78 is 10.4. The zero-order valence-electron chi connectivity index (χ0n) is 13.7. The van der Waals surface area contributed by atoms with E-state index >= 15 is 0 Å². The number of amides is 2. The molecule has 2 N–H and O–H groups in total. The van der Waals surface area contributed by atoms with E-state index in [1.807, 2.05) is 43.3 Å². The minimum absolute atomic E-state index is 0.324. The molecular formula is C17H21N3O3. The number of hydrogen-bond donors (Lipinski definition) is 2. The van der Waals surface area contributed by atoms with Gasteiger partial charge in [-0.15, -0.1) is 0 Å².